The molecule has 1 aliphatic heterocycles. The van der Waals surface area contributed by atoms with Gasteiger partial charge in [0.25, 0.3) is 0 Å². The zero-order valence-electron chi connectivity index (χ0n) is 15.5. The number of nitrogens with one attached hydrogen (secondary N) is 1. The second-order valence-corrected chi connectivity index (χ2v) is 7.03. The zero-order chi connectivity index (χ0) is 18.4. The first-order valence-corrected chi connectivity index (χ1v) is 9.49. The average molecular weight is 348 g/mol. The highest BCUT2D eigenvalue weighted by molar-refractivity contribution is 5.76. The minimum Gasteiger partial charge on any atom is -0.338 e. The molecule has 0 saturated carbocycles. The molecular weight excluding hydrogens is 320 g/mol. The Balaban J connectivity index is 1.96. The van der Waals surface area contributed by atoms with E-state index in [4.69, 9.17) is 0 Å². The monoisotopic (exact) mass is 348 g/mol. The van der Waals surface area contributed by atoms with Crippen LogP contribution in [0.15, 0.2) is 73.3 Å². The molecule has 3 nitrogen and oxygen atoms in total. The smallest absolute Gasteiger partial charge is 0.317 e. The van der Waals surface area contributed by atoms with E-state index in [1.807, 2.05) is 23.1 Å². The Morgan fingerprint density at radius 2 is 1.73 bits per heavy atom. The Bertz CT molecular complexity index is 687. The van der Waals surface area contributed by atoms with Crippen LogP contribution in [0, 0.1) is 0 Å². The van der Waals surface area contributed by atoms with Crippen molar-refractivity contribution in [2.75, 3.05) is 13.1 Å². The molecule has 1 unspecified atom stereocenters. The van der Waals surface area contributed by atoms with Gasteiger partial charge in [-0.1, -0.05) is 80.1 Å². The number of carbonyl (C=O) groups is 1. The van der Waals surface area contributed by atoms with E-state index in [-0.39, 0.29) is 17.5 Å². The lowest BCUT2D eigenvalue weighted by molar-refractivity contribution is 0.198. The van der Waals surface area contributed by atoms with Crippen LogP contribution in [0.25, 0.3) is 0 Å². The van der Waals surface area contributed by atoms with Crippen LogP contribution >= 0.6 is 0 Å². The van der Waals surface area contributed by atoms with Gasteiger partial charge < -0.3 is 10.2 Å². The maximum Gasteiger partial charge on any atom is 0.317 e. The van der Waals surface area contributed by atoms with E-state index in [0.29, 0.717) is 6.54 Å². The summed E-state index contributed by atoms with van der Waals surface area (Å²) in [6, 6.07) is 21.1. The minimum absolute atomic E-state index is 0.0112. The fourth-order valence-electron chi connectivity index (χ4n) is 3.95. The molecule has 2 aromatic rings. The molecule has 1 N–H and O–H groups in total. The molecule has 0 radical (unpaired) electrons. The van der Waals surface area contributed by atoms with Crippen LogP contribution in [0.3, 0.4) is 0 Å². The Morgan fingerprint density at radius 1 is 1.15 bits per heavy atom. The van der Waals surface area contributed by atoms with E-state index >= 15 is 0 Å². The zero-order valence-corrected chi connectivity index (χ0v) is 15.5. The molecule has 26 heavy (non-hydrogen) atoms. The van der Waals surface area contributed by atoms with Crippen LogP contribution in [-0.2, 0) is 5.41 Å². The molecule has 2 aromatic carbocycles. The van der Waals surface area contributed by atoms with Crippen molar-refractivity contribution in [2.24, 2.45) is 0 Å². The first-order valence-electron chi connectivity index (χ1n) is 9.49. The summed E-state index contributed by atoms with van der Waals surface area (Å²) in [4.78, 5) is 14.8. The molecule has 1 heterocycles. The van der Waals surface area contributed by atoms with Crippen molar-refractivity contribution in [1.82, 2.24) is 10.2 Å². The van der Waals surface area contributed by atoms with E-state index in [2.05, 4.69) is 67.4 Å². The molecular formula is C23H28N2O. The summed E-state index contributed by atoms with van der Waals surface area (Å²) in [5.41, 5.74) is 2.30. The van der Waals surface area contributed by atoms with Crippen molar-refractivity contribution < 1.29 is 4.79 Å². The summed E-state index contributed by atoms with van der Waals surface area (Å²) in [6.07, 6.45) is 4.84. The van der Waals surface area contributed by atoms with Gasteiger partial charge in [-0.3, -0.25) is 0 Å². The third-order valence-corrected chi connectivity index (χ3v) is 5.39. The molecule has 3 rings (SSSR count). The Kier molecular flexibility index (Phi) is 5.77. The van der Waals surface area contributed by atoms with Gasteiger partial charge in [-0.25, -0.2) is 4.79 Å². The van der Waals surface area contributed by atoms with Gasteiger partial charge in [0.2, 0.25) is 0 Å². The summed E-state index contributed by atoms with van der Waals surface area (Å²) in [6.45, 7) is 7.52. The molecule has 1 aliphatic rings. The van der Waals surface area contributed by atoms with Gasteiger partial charge in [-0.2, -0.15) is 0 Å². The number of nitrogens with zero attached hydrogens (tertiary/aromatic N) is 1. The van der Waals surface area contributed by atoms with Gasteiger partial charge in [-0.15, -0.1) is 6.58 Å². The van der Waals surface area contributed by atoms with Crippen LogP contribution in [0.4, 0.5) is 4.79 Å². The van der Waals surface area contributed by atoms with Crippen molar-refractivity contribution in [1.29, 1.82) is 0 Å². The number of unbranched alkanes of at least 4 members (excludes halogenated alkanes) is 1. The third kappa shape index (κ3) is 3.52. The van der Waals surface area contributed by atoms with E-state index in [1.165, 1.54) is 11.1 Å². The molecule has 0 bridgehead atoms. The summed E-state index contributed by atoms with van der Waals surface area (Å²) < 4.78 is 0. The highest BCUT2D eigenvalue weighted by atomic mass is 16.2. The van der Waals surface area contributed by atoms with Crippen LogP contribution in [-0.4, -0.2) is 30.1 Å². The maximum atomic E-state index is 12.8. The van der Waals surface area contributed by atoms with E-state index in [1.54, 1.807) is 0 Å². The quantitative estimate of drug-likeness (QED) is 0.593. The average Bonchev–Trinajstić information content (AvgIpc) is 3.11. The molecule has 2 amide bonds. The second-order valence-electron chi connectivity index (χ2n) is 7.03. The van der Waals surface area contributed by atoms with Crippen LogP contribution in [0.2, 0.25) is 0 Å². The van der Waals surface area contributed by atoms with E-state index in [0.717, 1.165) is 25.8 Å². The standard InChI is InChI=1S/C23H28N2O/c1-3-5-16-24-22(26)25-18-23(17-21(25)4-2,19-12-8-6-9-13-19)20-14-10-7-11-15-20/h4,6-15,21H,2-3,5,16-18H2,1H3,(H,24,26). The van der Waals surface area contributed by atoms with Gasteiger partial charge in [0.1, 0.15) is 0 Å². The predicted molar refractivity (Wildman–Crippen MR) is 107 cm³/mol. The number of carbonyl (C=O) groups excluding carboxylic acids is 1. The first-order chi connectivity index (χ1) is 12.7. The third-order valence-electron chi connectivity index (χ3n) is 5.39. The van der Waals surface area contributed by atoms with E-state index < -0.39 is 0 Å². The van der Waals surface area contributed by atoms with Crippen molar-refractivity contribution in [2.45, 2.75) is 37.6 Å². The molecule has 1 saturated heterocycles. The second kappa shape index (κ2) is 8.22. The Morgan fingerprint density at radius 3 is 2.23 bits per heavy atom. The van der Waals surface area contributed by atoms with Crippen LogP contribution < -0.4 is 5.32 Å². The highest BCUT2D eigenvalue weighted by Gasteiger charge is 2.46. The molecule has 0 aromatic heterocycles. The van der Waals surface area contributed by atoms with Crippen LogP contribution in [0.1, 0.15) is 37.3 Å². The molecule has 0 aliphatic carbocycles. The number of benzene rings is 2. The normalized spacial score (nSPS) is 18.5. The summed E-state index contributed by atoms with van der Waals surface area (Å²) in [7, 11) is 0. The van der Waals surface area contributed by atoms with Gasteiger partial charge >= 0.3 is 6.03 Å². The minimum atomic E-state index is -0.205. The summed E-state index contributed by atoms with van der Waals surface area (Å²) in [5, 5.41) is 3.07. The largest absolute Gasteiger partial charge is 0.338 e. The fraction of sp³-hybridized carbons (Fsp3) is 0.348. The van der Waals surface area contributed by atoms with Gasteiger partial charge in [-0.05, 0) is 24.0 Å². The van der Waals surface area contributed by atoms with Crippen molar-refractivity contribution in [3.05, 3.63) is 84.4 Å². The van der Waals surface area contributed by atoms with Crippen molar-refractivity contribution >= 4 is 6.03 Å². The topological polar surface area (TPSA) is 32.3 Å². The number of amides is 2. The first kappa shape index (κ1) is 18.2. The lowest BCUT2D eigenvalue weighted by atomic mass is 9.73. The molecule has 3 heteroatoms. The maximum absolute atomic E-state index is 12.8. The van der Waals surface area contributed by atoms with Gasteiger partial charge in [0.05, 0.1) is 6.04 Å². The lowest BCUT2D eigenvalue weighted by Gasteiger charge is -2.30. The number of rotatable bonds is 6. The molecule has 1 fully saturated rings. The van der Waals surface area contributed by atoms with Gasteiger partial charge in [0.15, 0.2) is 0 Å². The molecule has 136 valence electrons. The Labute approximate surface area is 156 Å². The molecule has 1 atom stereocenters. The SMILES string of the molecule is C=CC1CC(c2ccccc2)(c2ccccc2)CN1C(=O)NCCCC. The van der Waals surface area contributed by atoms with E-state index in [9.17, 15) is 4.79 Å². The lowest BCUT2D eigenvalue weighted by Crippen LogP contribution is -2.44. The number of urea groups is 1. The molecule has 0 spiro atoms. The fourth-order valence-corrected chi connectivity index (χ4v) is 3.95. The highest BCUT2D eigenvalue weighted by Crippen LogP contribution is 2.43. The number of likely N-dealkylation sites (tertiary alicyclic amines) is 1. The van der Waals surface area contributed by atoms with Crippen molar-refractivity contribution in [3.8, 4) is 0 Å². The number of hydrogen-bond acceptors (Lipinski definition) is 1. The van der Waals surface area contributed by atoms with Crippen molar-refractivity contribution in [3.63, 3.8) is 0 Å². The van der Waals surface area contributed by atoms with Crippen LogP contribution in [0.5, 0.6) is 0 Å². The Hall–Kier alpha value is -2.55. The summed E-state index contributed by atoms with van der Waals surface area (Å²) in [5.74, 6) is 0. The van der Waals surface area contributed by atoms with Gasteiger partial charge in [0, 0.05) is 18.5 Å². The predicted octanol–water partition coefficient (Wildman–Crippen LogP) is 4.74. The number of hydrogen-bond donors (Lipinski definition) is 1. The summed E-state index contributed by atoms with van der Waals surface area (Å²) >= 11 is 0.